The predicted octanol–water partition coefficient (Wildman–Crippen LogP) is -0.286. The molecule has 7 nitrogen and oxygen atoms in total. The molecule has 1 unspecified atom stereocenters. The second-order valence-corrected chi connectivity index (χ2v) is 6.53. The molecule has 0 aromatic carbocycles. The van der Waals surface area contributed by atoms with Crippen molar-refractivity contribution >= 4 is 22.6 Å². The average molecular weight is 396 g/mol. The Kier molecular flexibility index (Phi) is 4.67. The summed E-state index contributed by atoms with van der Waals surface area (Å²) >= 11 is 1.98. The fourth-order valence-electron chi connectivity index (χ4n) is 2.18. The molecule has 0 radical (unpaired) electrons. The number of aromatic amines is 1. The fourth-order valence-corrected chi connectivity index (χ4v) is 3.16. The smallest absolute Gasteiger partial charge is 0.330 e. The number of H-pyrrole nitrogens is 1. The van der Waals surface area contributed by atoms with Crippen molar-refractivity contribution in [1.29, 1.82) is 0 Å². The fraction of sp³-hybridized carbons (Fsp3) is 0.667. The van der Waals surface area contributed by atoms with E-state index in [2.05, 4.69) is 4.98 Å². The third-order valence-corrected chi connectivity index (χ3v) is 4.72. The average Bonchev–Trinajstić information content (AvgIpc) is 2.66. The molecule has 3 N–H and O–H groups in total. The van der Waals surface area contributed by atoms with E-state index in [1.54, 1.807) is 0 Å². The summed E-state index contributed by atoms with van der Waals surface area (Å²) in [7, 11) is 0. The van der Waals surface area contributed by atoms with Crippen LogP contribution in [0, 0.1) is 0 Å². The number of rotatable bonds is 3. The van der Waals surface area contributed by atoms with Crippen molar-refractivity contribution in [3.8, 4) is 0 Å². The van der Waals surface area contributed by atoms with E-state index in [4.69, 9.17) is 9.84 Å². The van der Waals surface area contributed by atoms with Gasteiger partial charge in [-0.3, -0.25) is 14.3 Å². The van der Waals surface area contributed by atoms with Gasteiger partial charge in [0.25, 0.3) is 5.56 Å². The third kappa shape index (κ3) is 2.69. The van der Waals surface area contributed by atoms with Gasteiger partial charge in [0.15, 0.2) is 6.23 Å². The zero-order chi connectivity index (χ0) is 15.0. The van der Waals surface area contributed by atoms with E-state index >= 15 is 0 Å². The van der Waals surface area contributed by atoms with Crippen LogP contribution in [0.15, 0.2) is 15.8 Å². The van der Waals surface area contributed by atoms with E-state index in [1.165, 1.54) is 10.8 Å². The minimum atomic E-state index is -0.869. The first-order valence-electron chi connectivity index (χ1n) is 6.30. The van der Waals surface area contributed by atoms with E-state index < -0.39 is 33.6 Å². The van der Waals surface area contributed by atoms with Gasteiger partial charge in [-0.1, -0.05) is 36.4 Å². The lowest BCUT2D eigenvalue weighted by Crippen LogP contribution is -2.37. The Morgan fingerprint density at radius 1 is 1.50 bits per heavy atom. The van der Waals surface area contributed by atoms with Gasteiger partial charge < -0.3 is 14.9 Å². The molecule has 1 saturated heterocycles. The molecule has 0 amide bonds. The molecule has 4 atom stereocenters. The molecule has 2 heterocycles. The van der Waals surface area contributed by atoms with Crippen LogP contribution in [0.5, 0.6) is 0 Å². The lowest BCUT2D eigenvalue weighted by Gasteiger charge is -2.18. The first-order valence-corrected chi connectivity index (χ1v) is 7.55. The number of ether oxygens (including phenoxy) is 1. The summed E-state index contributed by atoms with van der Waals surface area (Å²) in [6.07, 6.45) is -0.853. The first kappa shape index (κ1) is 15.7. The summed E-state index contributed by atoms with van der Waals surface area (Å²) in [5, 5.41) is 19.1. The van der Waals surface area contributed by atoms with Gasteiger partial charge in [0, 0.05) is 11.8 Å². The Balaban J connectivity index is 2.46. The predicted molar refractivity (Wildman–Crippen MR) is 80.2 cm³/mol. The maximum atomic E-state index is 11.9. The lowest BCUT2D eigenvalue weighted by atomic mass is 10.1. The monoisotopic (exact) mass is 396 g/mol. The zero-order valence-electron chi connectivity index (χ0n) is 11.1. The molecule has 20 heavy (non-hydrogen) atoms. The van der Waals surface area contributed by atoms with E-state index in [0.717, 1.165) is 0 Å². The summed E-state index contributed by atoms with van der Waals surface area (Å²) in [4.78, 5) is 25.9. The highest BCUT2D eigenvalue weighted by Gasteiger charge is 2.43. The van der Waals surface area contributed by atoms with Crippen LogP contribution in [0.25, 0.3) is 0 Å². The zero-order valence-corrected chi connectivity index (χ0v) is 13.3. The van der Waals surface area contributed by atoms with Crippen LogP contribution in [-0.4, -0.2) is 42.5 Å². The van der Waals surface area contributed by atoms with E-state index in [-0.39, 0.29) is 12.5 Å². The van der Waals surface area contributed by atoms with E-state index in [0.29, 0.717) is 5.56 Å². The van der Waals surface area contributed by atoms with Gasteiger partial charge in [0.1, 0.15) is 6.10 Å². The second kappa shape index (κ2) is 5.96. The summed E-state index contributed by atoms with van der Waals surface area (Å²) < 4.78 is 6.39. The number of hydrogen-bond donors (Lipinski definition) is 3. The highest BCUT2D eigenvalue weighted by Crippen LogP contribution is 2.34. The van der Waals surface area contributed by atoms with Crippen molar-refractivity contribution in [1.82, 2.24) is 9.55 Å². The Hall–Kier alpha value is -0.710. The van der Waals surface area contributed by atoms with Crippen LogP contribution >= 0.6 is 22.6 Å². The van der Waals surface area contributed by atoms with Gasteiger partial charge in [0.05, 0.1) is 16.6 Å². The van der Waals surface area contributed by atoms with Crippen LogP contribution in [0.3, 0.4) is 0 Å². The largest absolute Gasteiger partial charge is 0.394 e. The molecule has 1 aliphatic rings. The van der Waals surface area contributed by atoms with Gasteiger partial charge in [-0.05, 0) is 5.92 Å². The number of alkyl halides is 1. The van der Waals surface area contributed by atoms with Crippen LogP contribution in [0.4, 0.5) is 0 Å². The third-order valence-electron chi connectivity index (χ3n) is 3.37. The Morgan fingerprint density at radius 2 is 2.15 bits per heavy atom. The molecule has 0 aliphatic carbocycles. The summed E-state index contributed by atoms with van der Waals surface area (Å²) in [6, 6.07) is 0. The van der Waals surface area contributed by atoms with Crippen LogP contribution in [0.2, 0.25) is 0 Å². The van der Waals surface area contributed by atoms with Crippen molar-refractivity contribution in [2.75, 3.05) is 6.61 Å². The SMILES string of the molecule is CC(C)c1cn([C@@H]2O[C@H](CO)[C@@H](O)C2I)c(=O)[nH]c1=O. The molecule has 2 rings (SSSR count). The molecule has 1 aromatic heterocycles. The number of nitrogens with one attached hydrogen (secondary N) is 1. The molecule has 0 bridgehead atoms. The number of hydrogen-bond acceptors (Lipinski definition) is 5. The van der Waals surface area contributed by atoms with Gasteiger partial charge in [-0.15, -0.1) is 0 Å². The van der Waals surface area contributed by atoms with Crippen molar-refractivity contribution in [3.05, 3.63) is 32.6 Å². The molecule has 1 fully saturated rings. The number of aliphatic hydroxyl groups excluding tert-OH is 2. The molecular formula is C12H17IN2O5. The molecule has 0 saturated carbocycles. The van der Waals surface area contributed by atoms with E-state index in [1.807, 2.05) is 36.4 Å². The number of halogens is 1. The highest BCUT2D eigenvalue weighted by molar-refractivity contribution is 14.1. The lowest BCUT2D eigenvalue weighted by molar-refractivity contribution is -0.0456. The molecule has 1 aromatic rings. The Bertz CT molecular complexity index is 596. The van der Waals surface area contributed by atoms with Crippen molar-refractivity contribution in [2.45, 2.75) is 42.1 Å². The van der Waals surface area contributed by atoms with Crippen molar-refractivity contribution in [2.24, 2.45) is 0 Å². The Labute approximate surface area is 128 Å². The quantitative estimate of drug-likeness (QED) is 0.482. The minimum Gasteiger partial charge on any atom is -0.394 e. The second-order valence-electron chi connectivity index (χ2n) is 5.09. The molecule has 8 heteroatoms. The maximum absolute atomic E-state index is 11.9. The highest BCUT2D eigenvalue weighted by atomic mass is 127. The first-order chi connectivity index (χ1) is 9.36. The molecule has 1 aliphatic heterocycles. The molecule has 0 spiro atoms. The van der Waals surface area contributed by atoms with Gasteiger partial charge in [0.2, 0.25) is 0 Å². The summed E-state index contributed by atoms with van der Waals surface area (Å²) in [6.45, 7) is 3.37. The Morgan fingerprint density at radius 3 is 2.65 bits per heavy atom. The van der Waals surface area contributed by atoms with Crippen LogP contribution in [0.1, 0.15) is 31.6 Å². The van der Waals surface area contributed by atoms with Gasteiger partial charge >= 0.3 is 5.69 Å². The maximum Gasteiger partial charge on any atom is 0.330 e. The van der Waals surface area contributed by atoms with Crippen molar-refractivity contribution < 1.29 is 14.9 Å². The topological polar surface area (TPSA) is 105 Å². The minimum absolute atomic E-state index is 0.0433. The van der Waals surface area contributed by atoms with Gasteiger partial charge in [-0.25, -0.2) is 4.79 Å². The van der Waals surface area contributed by atoms with Crippen molar-refractivity contribution in [3.63, 3.8) is 0 Å². The standard InChI is InChI=1S/C12H17IN2O5/c1-5(2)6-3-15(12(19)14-10(6)18)11-8(13)9(17)7(4-16)20-11/h3,5,7-9,11,16-17H,4H2,1-2H3,(H,14,18,19)/t7-,8?,9-,11-/m1/s1. The molecule has 112 valence electrons. The van der Waals surface area contributed by atoms with Crippen LogP contribution in [-0.2, 0) is 4.74 Å². The number of nitrogens with zero attached hydrogens (tertiary/aromatic N) is 1. The number of aromatic nitrogens is 2. The van der Waals surface area contributed by atoms with Gasteiger partial charge in [-0.2, -0.15) is 0 Å². The summed E-state index contributed by atoms with van der Waals surface area (Å²) in [5.74, 6) is -0.0433. The number of aliphatic hydroxyl groups is 2. The van der Waals surface area contributed by atoms with Crippen LogP contribution < -0.4 is 11.2 Å². The normalized spacial score (nSPS) is 30.1. The molecular weight excluding hydrogens is 379 g/mol. The summed E-state index contributed by atoms with van der Waals surface area (Å²) in [5.41, 5.74) is -0.529. The van der Waals surface area contributed by atoms with E-state index in [9.17, 15) is 14.7 Å².